The maximum atomic E-state index is 11.9. The van der Waals surface area contributed by atoms with Crippen molar-refractivity contribution in [3.8, 4) is 10.7 Å². The average molecular weight is 328 g/mol. The maximum Gasteiger partial charge on any atom is 0.350 e. The Kier molecular flexibility index (Phi) is 4.47. The van der Waals surface area contributed by atoms with Gasteiger partial charge >= 0.3 is 5.97 Å². The second-order valence-electron chi connectivity index (χ2n) is 4.94. The van der Waals surface area contributed by atoms with Gasteiger partial charge in [-0.3, -0.25) is 0 Å². The molecule has 2 heterocycles. The van der Waals surface area contributed by atoms with Crippen LogP contribution in [0.3, 0.4) is 0 Å². The number of nitrogens with zero attached hydrogens (tertiary/aromatic N) is 4. The van der Waals surface area contributed by atoms with Crippen molar-refractivity contribution in [3.63, 3.8) is 0 Å². The van der Waals surface area contributed by atoms with E-state index in [4.69, 9.17) is 4.74 Å². The van der Waals surface area contributed by atoms with Gasteiger partial charge in [0.15, 0.2) is 0 Å². The predicted octanol–water partition coefficient (Wildman–Crippen LogP) is 2.94. The molecule has 0 radical (unpaired) electrons. The molecule has 0 spiro atoms. The van der Waals surface area contributed by atoms with Gasteiger partial charge in [-0.15, -0.1) is 16.4 Å². The van der Waals surface area contributed by atoms with Crippen LogP contribution in [0.15, 0.2) is 36.5 Å². The second kappa shape index (κ2) is 6.70. The molecule has 3 aromatic rings. The highest BCUT2D eigenvalue weighted by molar-refractivity contribution is 7.17. The summed E-state index contributed by atoms with van der Waals surface area (Å²) in [5.41, 5.74) is 2.46. The molecule has 0 bridgehead atoms. The molecule has 0 aliphatic carbocycles. The molecular weight excluding hydrogens is 312 g/mol. The summed E-state index contributed by atoms with van der Waals surface area (Å²) in [6.07, 6.45) is 1.83. The number of benzene rings is 1. The number of hydrogen-bond donors (Lipinski definition) is 0. The highest BCUT2D eigenvalue weighted by atomic mass is 32.1. The predicted molar refractivity (Wildman–Crippen MR) is 87.4 cm³/mol. The van der Waals surface area contributed by atoms with E-state index < -0.39 is 0 Å². The van der Waals surface area contributed by atoms with E-state index in [1.165, 1.54) is 11.3 Å². The molecule has 3 rings (SSSR count). The third-order valence-corrected chi connectivity index (χ3v) is 4.36. The fourth-order valence-corrected chi connectivity index (χ4v) is 3.05. The number of esters is 1. The van der Waals surface area contributed by atoms with Gasteiger partial charge in [-0.2, -0.15) is 0 Å². The Bertz CT molecular complexity index is 811. The number of aryl methyl sites for hydroxylation is 1. The Labute approximate surface area is 137 Å². The lowest BCUT2D eigenvalue weighted by Gasteiger charge is -1.99. The molecule has 0 fully saturated rings. The summed E-state index contributed by atoms with van der Waals surface area (Å²) in [7, 11) is 0. The zero-order valence-corrected chi connectivity index (χ0v) is 13.7. The summed E-state index contributed by atoms with van der Waals surface area (Å²) >= 11 is 1.28. The first-order valence-electron chi connectivity index (χ1n) is 7.26. The van der Waals surface area contributed by atoms with Gasteiger partial charge in [0.05, 0.1) is 25.0 Å². The van der Waals surface area contributed by atoms with Crippen LogP contribution >= 0.6 is 11.3 Å². The highest BCUT2D eigenvalue weighted by Crippen LogP contribution is 2.27. The van der Waals surface area contributed by atoms with Crippen molar-refractivity contribution < 1.29 is 9.53 Å². The summed E-state index contributed by atoms with van der Waals surface area (Å²) in [6.45, 7) is 4.56. The van der Waals surface area contributed by atoms with Crippen molar-refractivity contribution in [2.75, 3.05) is 6.61 Å². The summed E-state index contributed by atoms with van der Waals surface area (Å²) in [5, 5.41) is 8.95. The number of thiazole rings is 1. The third-order valence-electron chi connectivity index (χ3n) is 3.20. The second-order valence-corrected chi connectivity index (χ2v) is 5.94. The Hall–Kier alpha value is -2.54. The maximum absolute atomic E-state index is 11.9. The summed E-state index contributed by atoms with van der Waals surface area (Å²) in [6, 6.07) is 10.0. The first kappa shape index (κ1) is 15.4. The van der Waals surface area contributed by atoms with Gasteiger partial charge in [0.1, 0.15) is 15.6 Å². The van der Waals surface area contributed by atoms with Gasteiger partial charge < -0.3 is 4.74 Å². The van der Waals surface area contributed by atoms with E-state index in [1.54, 1.807) is 18.5 Å². The summed E-state index contributed by atoms with van der Waals surface area (Å²) in [5.74, 6) is -0.342. The topological polar surface area (TPSA) is 69.9 Å². The fourth-order valence-electron chi connectivity index (χ4n) is 2.14. The Balaban J connectivity index is 1.80. The van der Waals surface area contributed by atoms with Crippen LogP contribution in [0.1, 0.15) is 27.9 Å². The monoisotopic (exact) mass is 328 g/mol. The van der Waals surface area contributed by atoms with Gasteiger partial charge in [-0.25, -0.2) is 14.5 Å². The Morgan fingerprint density at radius 2 is 2.09 bits per heavy atom. The Morgan fingerprint density at radius 3 is 2.83 bits per heavy atom. The van der Waals surface area contributed by atoms with Gasteiger partial charge in [0, 0.05) is 0 Å². The van der Waals surface area contributed by atoms with Crippen molar-refractivity contribution in [1.29, 1.82) is 0 Å². The SMILES string of the molecule is CCOC(=O)c1sc(-c2cn(Cc3ccccc3)nn2)nc1C. The molecule has 6 nitrogen and oxygen atoms in total. The molecule has 2 aromatic heterocycles. The molecule has 23 heavy (non-hydrogen) atoms. The van der Waals surface area contributed by atoms with E-state index in [9.17, 15) is 4.79 Å². The van der Waals surface area contributed by atoms with Crippen LogP contribution in [0.25, 0.3) is 10.7 Å². The van der Waals surface area contributed by atoms with Crippen LogP contribution in [0, 0.1) is 6.92 Å². The molecule has 0 atom stereocenters. The lowest BCUT2D eigenvalue weighted by Crippen LogP contribution is -2.03. The molecule has 0 saturated heterocycles. The lowest BCUT2D eigenvalue weighted by atomic mass is 10.2. The standard InChI is InChI=1S/C16H16N4O2S/c1-3-22-16(21)14-11(2)17-15(23-14)13-10-20(19-18-13)9-12-7-5-4-6-8-12/h4-8,10H,3,9H2,1-2H3. The normalized spacial score (nSPS) is 10.7. The van der Waals surface area contributed by atoms with Gasteiger partial charge in [-0.1, -0.05) is 35.5 Å². The molecule has 118 valence electrons. The first-order chi connectivity index (χ1) is 11.2. The lowest BCUT2D eigenvalue weighted by molar-refractivity contribution is 0.0531. The number of rotatable bonds is 5. The highest BCUT2D eigenvalue weighted by Gasteiger charge is 2.18. The van der Waals surface area contributed by atoms with Crippen LogP contribution in [0.5, 0.6) is 0 Å². The minimum atomic E-state index is -0.342. The van der Waals surface area contributed by atoms with E-state index in [1.807, 2.05) is 36.5 Å². The fraction of sp³-hybridized carbons (Fsp3) is 0.250. The molecule has 0 unspecified atom stereocenters. The number of carbonyl (C=O) groups excluding carboxylic acids is 1. The van der Waals surface area contributed by atoms with Crippen LogP contribution in [-0.2, 0) is 11.3 Å². The molecule has 0 aliphatic heterocycles. The molecule has 7 heteroatoms. The van der Waals surface area contributed by atoms with Crippen molar-refractivity contribution >= 4 is 17.3 Å². The minimum Gasteiger partial charge on any atom is -0.462 e. The molecule has 0 N–H and O–H groups in total. The van der Waals surface area contributed by atoms with E-state index >= 15 is 0 Å². The first-order valence-corrected chi connectivity index (χ1v) is 8.08. The molecule has 0 saturated carbocycles. The third kappa shape index (κ3) is 3.45. The van der Waals surface area contributed by atoms with Gasteiger partial charge in [0.25, 0.3) is 0 Å². The van der Waals surface area contributed by atoms with Crippen molar-refractivity contribution in [2.45, 2.75) is 20.4 Å². The van der Waals surface area contributed by atoms with Crippen LogP contribution in [0.2, 0.25) is 0 Å². The summed E-state index contributed by atoms with van der Waals surface area (Å²) in [4.78, 5) is 16.8. The molecular formula is C16H16N4O2S. The molecule has 0 amide bonds. The zero-order chi connectivity index (χ0) is 16.2. The number of hydrogen-bond acceptors (Lipinski definition) is 6. The van der Waals surface area contributed by atoms with E-state index in [0.717, 1.165) is 5.56 Å². The van der Waals surface area contributed by atoms with E-state index in [2.05, 4.69) is 15.3 Å². The minimum absolute atomic E-state index is 0.342. The van der Waals surface area contributed by atoms with Crippen LogP contribution in [0.4, 0.5) is 0 Å². The van der Waals surface area contributed by atoms with E-state index in [-0.39, 0.29) is 5.97 Å². The van der Waals surface area contributed by atoms with E-state index in [0.29, 0.717) is 34.4 Å². The quantitative estimate of drug-likeness (QED) is 0.674. The Morgan fingerprint density at radius 1 is 1.30 bits per heavy atom. The number of carbonyl (C=O) groups is 1. The molecule has 0 aliphatic rings. The average Bonchev–Trinajstić information content (AvgIpc) is 3.15. The summed E-state index contributed by atoms with van der Waals surface area (Å²) < 4.78 is 6.79. The zero-order valence-electron chi connectivity index (χ0n) is 12.9. The van der Waals surface area contributed by atoms with Crippen LogP contribution in [-0.4, -0.2) is 32.6 Å². The van der Waals surface area contributed by atoms with Crippen molar-refractivity contribution in [2.24, 2.45) is 0 Å². The smallest absolute Gasteiger partial charge is 0.350 e. The largest absolute Gasteiger partial charge is 0.462 e. The number of ether oxygens (including phenoxy) is 1. The van der Waals surface area contributed by atoms with Crippen LogP contribution < -0.4 is 0 Å². The van der Waals surface area contributed by atoms with Gasteiger partial charge in [0.2, 0.25) is 0 Å². The number of aromatic nitrogens is 4. The molecule has 1 aromatic carbocycles. The van der Waals surface area contributed by atoms with Gasteiger partial charge in [-0.05, 0) is 19.4 Å². The van der Waals surface area contributed by atoms with Crippen molar-refractivity contribution in [3.05, 3.63) is 52.7 Å². The van der Waals surface area contributed by atoms with Crippen molar-refractivity contribution in [1.82, 2.24) is 20.0 Å².